The molecule has 1 rings (SSSR count). The lowest BCUT2D eigenvalue weighted by molar-refractivity contribution is 0.0229. The number of ether oxygens (including phenoxy) is 1. The normalized spacial score (nSPS) is 12.1. The Morgan fingerprint density at radius 3 is 2.56 bits per heavy atom. The zero-order valence-electron chi connectivity index (χ0n) is 12.0. The average molecular weight is 274 g/mol. The van der Waals surface area contributed by atoms with Gasteiger partial charge in [-0.05, 0) is 27.2 Å². The zero-order valence-corrected chi connectivity index (χ0v) is 12.8. The molecule has 0 saturated heterocycles. The van der Waals surface area contributed by atoms with Crippen LogP contribution in [0.4, 0.5) is 0 Å². The van der Waals surface area contributed by atoms with E-state index in [0.29, 0.717) is 6.54 Å². The van der Waals surface area contributed by atoms with Gasteiger partial charge in [-0.15, -0.1) is 0 Å². The molecule has 1 aromatic rings. The summed E-state index contributed by atoms with van der Waals surface area (Å²) in [4.78, 5) is 0. The Balaban J connectivity index is 2.69. The molecule has 0 aromatic carbocycles. The Kier molecular flexibility index (Phi) is 5.63. The molecule has 0 spiro atoms. The molecule has 0 atom stereocenters. The monoisotopic (exact) mass is 273 g/mol. The van der Waals surface area contributed by atoms with Crippen molar-refractivity contribution in [1.29, 1.82) is 0 Å². The summed E-state index contributed by atoms with van der Waals surface area (Å²) >= 11 is 6.34. The van der Waals surface area contributed by atoms with E-state index in [1.165, 1.54) is 0 Å². The first-order chi connectivity index (χ1) is 8.45. The van der Waals surface area contributed by atoms with E-state index in [1.807, 2.05) is 4.68 Å². The quantitative estimate of drug-likeness (QED) is 0.830. The van der Waals surface area contributed by atoms with Gasteiger partial charge in [-0.25, -0.2) is 0 Å². The molecule has 0 bridgehead atoms. The molecule has 0 aliphatic heterocycles. The predicted molar refractivity (Wildman–Crippen MR) is 75.1 cm³/mol. The first-order valence-electron chi connectivity index (χ1n) is 6.45. The highest BCUT2D eigenvalue weighted by atomic mass is 35.5. The second-order valence-electron chi connectivity index (χ2n) is 4.94. The second kappa shape index (κ2) is 6.55. The molecule has 5 heteroatoms. The number of halogens is 1. The minimum Gasteiger partial charge on any atom is -0.377 e. The SMILES string of the molecule is CCc1nn(CC)c(CNCC(C)(C)OC)c1Cl. The van der Waals surface area contributed by atoms with E-state index in [1.54, 1.807) is 7.11 Å². The van der Waals surface area contributed by atoms with Gasteiger partial charge in [0.2, 0.25) is 0 Å². The molecule has 0 saturated carbocycles. The molecule has 0 radical (unpaired) electrons. The van der Waals surface area contributed by atoms with E-state index in [0.717, 1.165) is 35.9 Å². The van der Waals surface area contributed by atoms with E-state index in [9.17, 15) is 0 Å². The standard InChI is InChI=1S/C13H24ClN3O/c1-6-10-12(14)11(17(7-2)16-10)8-15-9-13(3,4)18-5/h15H,6-9H2,1-5H3. The van der Waals surface area contributed by atoms with E-state index in [-0.39, 0.29) is 5.60 Å². The largest absolute Gasteiger partial charge is 0.377 e. The Morgan fingerprint density at radius 2 is 2.06 bits per heavy atom. The van der Waals surface area contributed by atoms with Crippen LogP contribution in [0.1, 0.15) is 39.1 Å². The first kappa shape index (κ1) is 15.5. The fraction of sp³-hybridized carbons (Fsp3) is 0.769. The molecule has 0 unspecified atom stereocenters. The highest BCUT2D eigenvalue weighted by Crippen LogP contribution is 2.21. The Morgan fingerprint density at radius 1 is 1.39 bits per heavy atom. The van der Waals surface area contributed by atoms with Crippen molar-refractivity contribution in [2.45, 2.75) is 52.8 Å². The summed E-state index contributed by atoms with van der Waals surface area (Å²) in [6.45, 7) is 10.6. The van der Waals surface area contributed by atoms with Crippen molar-refractivity contribution in [2.24, 2.45) is 0 Å². The summed E-state index contributed by atoms with van der Waals surface area (Å²) in [6.07, 6.45) is 0.863. The van der Waals surface area contributed by atoms with Crippen LogP contribution >= 0.6 is 11.6 Å². The van der Waals surface area contributed by atoms with Crippen molar-refractivity contribution in [3.8, 4) is 0 Å². The number of rotatable bonds is 7. The van der Waals surface area contributed by atoms with Gasteiger partial charge in [0.05, 0.1) is 22.0 Å². The molecular weight excluding hydrogens is 250 g/mol. The van der Waals surface area contributed by atoms with Crippen LogP contribution in [0.3, 0.4) is 0 Å². The van der Waals surface area contributed by atoms with Crippen LogP contribution in [0, 0.1) is 0 Å². The van der Waals surface area contributed by atoms with Gasteiger partial charge in [0, 0.05) is 26.7 Å². The lowest BCUT2D eigenvalue weighted by atomic mass is 10.1. The Labute approximate surface area is 115 Å². The molecule has 1 heterocycles. The third kappa shape index (κ3) is 3.70. The van der Waals surface area contributed by atoms with Crippen molar-refractivity contribution < 1.29 is 4.74 Å². The number of hydrogen-bond donors (Lipinski definition) is 1. The van der Waals surface area contributed by atoms with E-state index in [2.05, 4.69) is 38.1 Å². The summed E-state index contributed by atoms with van der Waals surface area (Å²) in [6, 6.07) is 0. The van der Waals surface area contributed by atoms with Crippen molar-refractivity contribution >= 4 is 11.6 Å². The van der Waals surface area contributed by atoms with Gasteiger partial charge in [0.15, 0.2) is 0 Å². The zero-order chi connectivity index (χ0) is 13.8. The number of nitrogens with zero attached hydrogens (tertiary/aromatic N) is 2. The molecule has 0 aliphatic rings. The predicted octanol–water partition coefficient (Wildman–Crippen LogP) is 2.63. The highest BCUT2D eigenvalue weighted by Gasteiger charge is 2.18. The number of aromatic nitrogens is 2. The number of aryl methyl sites for hydroxylation is 2. The van der Waals surface area contributed by atoms with E-state index >= 15 is 0 Å². The number of methoxy groups -OCH3 is 1. The van der Waals surface area contributed by atoms with Gasteiger partial charge >= 0.3 is 0 Å². The maximum Gasteiger partial charge on any atom is 0.0863 e. The van der Waals surface area contributed by atoms with Gasteiger partial charge in [-0.3, -0.25) is 4.68 Å². The molecular formula is C13H24ClN3O. The van der Waals surface area contributed by atoms with Crippen molar-refractivity contribution in [1.82, 2.24) is 15.1 Å². The minimum atomic E-state index is -0.170. The summed E-state index contributed by atoms with van der Waals surface area (Å²) in [5, 5.41) is 8.66. The average Bonchev–Trinajstić information content (AvgIpc) is 2.66. The minimum absolute atomic E-state index is 0.170. The van der Waals surface area contributed by atoms with Crippen LogP contribution in [0.5, 0.6) is 0 Å². The molecule has 104 valence electrons. The summed E-state index contributed by atoms with van der Waals surface area (Å²) in [5.74, 6) is 0. The molecule has 1 N–H and O–H groups in total. The fourth-order valence-electron chi connectivity index (χ4n) is 1.74. The molecule has 18 heavy (non-hydrogen) atoms. The van der Waals surface area contributed by atoms with Gasteiger partial charge in [-0.2, -0.15) is 5.10 Å². The second-order valence-corrected chi connectivity index (χ2v) is 5.32. The third-order valence-corrected chi connectivity index (χ3v) is 3.53. The lowest BCUT2D eigenvalue weighted by Gasteiger charge is -2.23. The van der Waals surface area contributed by atoms with E-state index in [4.69, 9.17) is 16.3 Å². The first-order valence-corrected chi connectivity index (χ1v) is 6.82. The molecule has 0 aliphatic carbocycles. The van der Waals surface area contributed by atoms with Crippen LogP contribution < -0.4 is 5.32 Å². The molecule has 4 nitrogen and oxygen atoms in total. The van der Waals surface area contributed by atoms with Crippen LogP contribution in [0.15, 0.2) is 0 Å². The Hall–Kier alpha value is -0.580. The number of nitrogens with one attached hydrogen (secondary N) is 1. The van der Waals surface area contributed by atoms with Crippen LogP contribution in [0.2, 0.25) is 5.02 Å². The van der Waals surface area contributed by atoms with Crippen molar-refractivity contribution in [3.63, 3.8) is 0 Å². The smallest absolute Gasteiger partial charge is 0.0863 e. The van der Waals surface area contributed by atoms with Gasteiger partial charge in [0.25, 0.3) is 0 Å². The topological polar surface area (TPSA) is 39.1 Å². The summed E-state index contributed by atoms with van der Waals surface area (Å²) in [5.41, 5.74) is 1.86. The summed E-state index contributed by atoms with van der Waals surface area (Å²) in [7, 11) is 1.72. The summed E-state index contributed by atoms with van der Waals surface area (Å²) < 4.78 is 7.34. The molecule has 1 aromatic heterocycles. The number of hydrogen-bond acceptors (Lipinski definition) is 3. The lowest BCUT2D eigenvalue weighted by Crippen LogP contribution is -2.36. The van der Waals surface area contributed by atoms with Crippen LogP contribution in [0.25, 0.3) is 0 Å². The third-order valence-electron chi connectivity index (χ3n) is 3.09. The molecule has 0 amide bonds. The van der Waals surface area contributed by atoms with Crippen molar-refractivity contribution in [2.75, 3.05) is 13.7 Å². The fourth-order valence-corrected chi connectivity index (χ4v) is 2.08. The van der Waals surface area contributed by atoms with Crippen LogP contribution in [-0.4, -0.2) is 29.0 Å². The molecule has 0 fully saturated rings. The Bertz CT molecular complexity index is 388. The maximum absolute atomic E-state index is 6.34. The van der Waals surface area contributed by atoms with Crippen LogP contribution in [-0.2, 0) is 24.2 Å². The maximum atomic E-state index is 6.34. The van der Waals surface area contributed by atoms with Gasteiger partial charge in [-0.1, -0.05) is 18.5 Å². The van der Waals surface area contributed by atoms with Gasteiger partial charge in [0.1, 0.15) is 0 Å². The highest BCUT2D eigenvalue weighted by molar-refractivity contribution is 6.31. The van der Waals surface area contributed by atoms with E-state index < -0.39 is 0 Å². The van der Waals surface area contributed by atoms with Crippen molar-refractivity contribution in [3.05, 3.63) is 16.4 Å². The van der Waals surface area contributed by atoms with Gasteiger partial charge < -0.3 is 10.1 Å².